The Kier molecular flexibility index (Phi) is 7.49. The molecule has 0 fully saturated rings. The van der Waals surface area contributed by atoms with E-state index in [4.69, 9.17) is 9.47 Å². The van der Waals surface area contributed by atoms with E-state index in [2.05, 4.69) is 52.9 Å². The zero-order chi connectivity index (χ0) is 14.8. The van der Waals surface area contributed by atoms with Gasteiger partial charge in [-0.3, -0.25) is 0 Å². The van der Waals surface area contributed by atoms with Crippen LogP contribution in [-0.2, 0) is 22.7 Å². The monoisotopic (exact) mass is 394 g/mol. The lowest BCUT2D eigenvalue weighted by atomic mass is 10.2. The van der Waals surface area contributed by atoms with Gasteiger partial charge in [0.2, 0.25) is 0 Å². The van der Waals surface area contributed by atoms with Gasteiger partial charge in [0.05, 0.1) is 26.4 Å². The van der Waals surface area contributed by atoms with Crippen molar-refractivity contribution in [2.24, 2.45) is 0 Å². The van der Waals surface area contributed by atoms with Crippen molar-refractivity contribution >= 4 is 22.6 Å². The first-order valence-electron chi connectivity index (χ1n) is 6.92. The lowest BCUT2D eigenvalue weighted by molar-refractivity contribution is 0.140. The summed E-state index contributed by atoms with van der Waals surface area (Å²) >= 11 is 2.29. The molecule has 2 rings (SSSR count). The third-order valence-corrected chi connectivity index (χ3v) is 3.64. The Hall–Kier alpha value is -1.17. The number of hydrogen-bond acceptors (Lipinski definition) is 2. The van der Waals surface area contributed by atoms with Crippen LogP contribution in [0.25, 0.3) is 0 Å². The third kappa shape index (κ3) is 6.89. The maximum atomic E-state index is 5.67. The molecule has 0 heterocycles. The molecule has 21 heavy (non-hydrogen) atoms. The van der Waals surface area contributed by atoms with E-state index in [-0.39, 0.29) is 0 Å². The smallest absolute Gasteiger partial charge is 0.0776 e. The van der Waals surface area contributed by atoms with Crippen LogP contribution in [-0.4, -0.2) is 13.2 Å². The van der Waals surface area contributed by atoms with Gasteiger partial charge in [-0.25, -0.2) is 0 Å². The summed E-state index contributed by atoms with van der Waals surface area (Å²) in [5.74, 6) is 0. The number of rotatable bonds is 8. The van der Waals surface area contributed by atoms with Gasteiger partial charge < -0.3 is 9.47 Å². The van der Waals surface area contributed by atoms with E-state index >= 15 is 0 Å². The summed E-state index contributed by atoms with van der Waals surface area (Å²) in [7, 11) is 0. The molecule has 0 aromatic heterocycles. The average molecular weight is 394 g/mol. The largest absolute Gasteiger partial charge is 0.373 e. The van der Waals surface area contributed by atoms with Gasteiger partial charge in [0.15, 0.2) is 0 Å². The van der Waals surface area contributed by atoms with Gasteiger partial charge in [0, 0.05) is 3.58 Å². The van der Waals surface area contributed by atoms with Crippen LogP contribution in [0, 0.1) is 0 Å². The van der Waals surface area contributed by atoms with Crippen LogP contribution in [0.4, 0.5) is 0 Å². The van der Waals surface area contributed by atoms with Gasteiger partial charge in [-0.2, -0.15) is 0 Å². The second-order valence-corrected chi connectivity index (χ2v) is 6.02. The van der Waals surface area contributed by atoms with Gasteiger partial charge in [-0.15, -0.1) is 0 Å². The van der Waals surface area contributed by atoms with Crippen LogP contribution in [0.2, 0.25) is 0 Å². The number of benzene rings is 2. The molecule has 0 radical (unpaired) electrons. The SMILES string of the molecule is I/C(=C/COCc1ccccc1)COCc1ccccc1. The predicted molar refractivity (Wildman–Crippen MR) is 94.3 cm³/mol. The highest BCUT2D eigenvalue weighted by atomic mass is 127. The fourth-order valence-corrected chi connectivity index (χ4v) is 2.20. The van der Waals surface area contributed by atoms with E-state index < -0.39 is 0 Å². The minimum atomic E-state index is 0.613. The van der Waals surface area contributed by atoms with E-state index in [1.807, 2.05) is 36.4 Å². The molecule has 0 saturated heterocycles. The lowest BCUT2D eigenvalue weighted by Gasteiger charge is -2.05. The molecule has 3 heteroatoms. The minimum Gasteiger partial charge on any atom is -0.373 e. The van der Waals surface area contributed by atoms with Gasteiger partial charge in [-0.05, 0) is 39.8 Å². The molecule has 0 aliphatic heterocycles. The van der Waals surface area contributed by atoms with Gasteiger partial charge in [0.1, 0.15) is 0 Å². The summed E-state index contributed by atoms with van der Waals surface area (Å²) < 4.78 is 12.4. The number of ether oxygens (including phenoxy) is 2. The summed E-state index contributed by atoms with van der Waals surface area (Å²) in [6.07, 6.45) is 2.06. The van der Waals surface area contributed by atoms with Crippen molar-refractivity contribution in [2.75, 3.05) is 13.2 Å². The predicted octanol–water partition coefficient (Wildman–Crippen LogP) is 4.74. The zero-order valence-corrected chi connectivity index (χ0v) is 14.0. The van der Waals surface area contributed by atoms with E-state index in [1.54, 1.807) is 0 Å². The first kappa shape index (κ1) is 16.2. The van der Waals surface area contributed by atoms with Crippen molar-refractivity contribution in [1.82, 2.24) is 0 Å². The van der Waals surface area contributed by atoms with Crippen LogP contribution < -0.4 is 0 Å². The van der Waals surface area contributed by atoms with E-state index in [0.717, 1.165) is 3.58 Å². The molecule has 0 saturated carbocycles. The summed E-state index contributed by atoms with van der Waals surface area (Å²) in [5.41, 5.74) is 2.39. The molecule has 0 spiro atoms. The van der Waals surface area contributed by atoms with Crippen LogP contribution in [0.5, 0.6) is 0 Å². The molecule has 0 unspecified atom stereocenters. The highest BCUT2D eigenvalue weighted by molar-refractivity contribution is 14.1. The van der Waals surface area contributed by atoms with Gasteiger partial charge in [0.25, 0.3) is 0 Å². The summed E-state index contributed by atoms with van der Waals surface area (Å²) in [6.45, 7) is 2.53. The fourth-order valence-electron chi connectivity index (χ4n) is 1.80. The van der Waals surface area contributed by atoms with Crippen molar-refractivity contribution in [1.29, 1.82) is 0 Å². The number of hydrogen-bond donors (Lipinski definition) is 0. The molecule has 0 aliphatic carbocycles. The summed E-state index contributed by atoms with van der Waals surface area (Å²) in [6, 6.07) is 20.4. The Bertz CT molecular complexity index is 538. The first-order valence-corrected chi connectivity index (χ1v) is 8.00. The third-order valence-electron chi connectivity index (χ3n) is 2.89. The van der Waals surface area contributed by atoms with Gasteiger partial charge in [-0.1, -0.05) is 60.7 Å². The Balaban J connectivity index is 1.61. The lowest BCUT2D eigenvalue weighted by Crippen LogP contribution is -1.97. The second kappa shape index (κ2) is 9.71. The zero-order valence-electron chi connectivity index (χ0n) is 11.9. The van der Waals surface area contributed by atoms with Gasteiger partial charge >= 0.3 is 0 Å². The molecule has 0 N–H and O–H groups in total. The Morgan fingerprint density at radius 3 is 1.90 bits per heavy atom. The molecule has 0 aliphatic rings. The van der Waals surface area contributed by atoms with Crippen LogP contribution in [0.15, 0.2) is 70.3 Å². The average Bonchev–Trinajstić information content (AvgIpc) is 2.54. The Morgan fingerprint density at radius 2 is 1.33 bits per heavy atom. The minimum absolute atomic E-state index is 0.613. The molecule has 2 aromatic rings. The molecule has 110 valence electrons. The van der Waals surface area contributed by atoms with Crippen molar-refractivity contribution < 1.29 is 9.47 Å². The Morgan fingerprint density at radius 1 is 0.810 bits per heavy atom. The standard InChI is InChI=1S/C18H19IO2/c19-18(15-21-14-17-9-5-2-6-10-17)11-12-20-13-16-7-3-1-4-8-16/h1-11H,12-15H2/b18-11+. The molecule has 0 amide bonds. The molecule has 0 atom stereocenters. The normalized spacial score (nSPS) is 11.6. The highest BCUT2D eigenvalue weighted by Crippen LogP contribution is 2.09. The van der Waals surface area contributed by atoms with E-state index in [1.165, 1.54) is 11.1 Å². The van der Waals surface area contributed by atoms with E-state index in [0.29, 0.717) is 26.4 Å². The van der Waals surface area contributed by atoms with Crippen LogP contribution in [0.1, 0.15) is 11.1 Å². The van der Waals surface area contributed by atoms with Crippen molar-refractivity contribution in [2.45, 2.75) is 13.2 Å². The molecule has 2 aromatic carbocycles. The van der Waals surface area contributed by atoms with Crippen molar-refractivity contribution in [3.63, 3.8) is 0 Å². The number of halogens is 1. The molecule has 2 nitrogen and oxygen atoms in total. The second-order valence-electron chi connectivity index (χ2n) is 4.63. The fraction of sp³-hybridized carbons (Fsp3) is 0.222. The topological polar surface area (TPSA) is 18.5 Å². The van der Waals surface area contributed by atoms with Crippen molar-refractivity contribution in [3.05, 3.63) is 81.4 Å². The van der Waals surface area contributed by atoms with Crippen LogP contribution in [0.3, 0.4) is 0 Å². The first-order chi connectivity index (χ1) is 10.3. The molecular formula is C18H19IO2. The molecule has 0 bridgehead atoms. The molecular weight excluding hydrogens is 375 g/mol. The van der Waals surface area contributed by atoms with Crippen molar-refractivity contribution in [3.8, 4) is 0 Å². The highest BCUT2D eigenvalue weighted by Gasteiger charge is 1.95. The maximum Gasteiger partial charge on any atom is 0.0776 e. The Labute approximate surface area is 139 Å². The summed E-state index contributed by atoms with van der Waals surface area (Å²) in [5, 5.41) is 0. The van der Waals surface area contributed by atoms with E-state index in [9.17, 15) is 0 Å². The summed E-state index contributed by atoms with van der Waals surface area (Å²) in [4.78, 5) is 0. The quantitative estimate of drug-likeness (QED) is 0.476. The van der Waals surface area contributed by atoms with Crippen LogP contribution >= 0.6 is 22.6 Å². The maximum absolute atomic E-state index is 5.67.